The topological polar surface area (TPSA) is 80.7 Å². The highest BCUT2D eigenvalue weighted by molar-refractivity contribution is 5.96. The van der Waals surface area contributed by atoms with Gasteiger partial charge in [-0.1, -0.05) is 0 Å². The molecule has 1 heterocycles. The summed E-state index contributed by atoms with van der Waals surface area (Å²) >= 11 is 0. The molecular weight excluding hydrogens is 504 g/mol. The Balaban J connectivity index is 1.63. The van der Waals surface area contributed by atoms with Crippen LogP contribution in [0.5, 0.6) is 11.5 Å². The third kappa shape index (κ3) is 5.60. The number of nitrogens with zero attached hydrogens (tertiary/aromatic N) is 1. The normalized spacial score (nSPS) is 15.1. The van der Waals surface area contributed by atoms with Crippen LogP contribution < -0.4 is 14.8 Å². The van der Waals surface area contributed by atoms with Gasteiger partial charge in [0.1, 0.15) is 5.82 Å². The number of alkyl halides is 3. The number of nitrogens with one attached hydrogen (secondary N) is 1. The first-order valence-corrected chi connectivity index (χ1v) is 12.1. The van der Waals surface area contributed by atoms with Crippen LogP contribution in [0, 0.1) is 12.7 Å². The van der Waals surface area contributed by atoms with Crippen molar-refractivity contribution in [2.45, 2.75) is 50.5 Å². The fourth-order valence-electron chi connectivity index (χ4n) is 4.06. The summed E-state index contributed by atoms with van der Waals surface area (Å²) in [4.78, 5) is 17.0. The summed E-state index contributed by atoms with van der Waals surface area (Å²) in [6, 6.07) is 10.9. The zero-order valence-corrected chi connectivity index (χ0v) is 21.2. The average molecular weight is 533 g/mol. The number of halogens is 4. The number of benzene rings is 2. The molecule has 0 aliphatic heterocycles. The molecule has 0 bridgehead atoms. The molecule has 202 valence electrons. The highest BCUT2D eigenvalue weighted by atomic mass is 19.4. The smallest absolute Gasteiger partial charge is 0.422 e. The highest BCUT2D eigenvalue weighted by Crippen LogP contribution is 2.43. The van der Waals surface area contributed by atoms with E-state index in [4.69, 9.17) is 9.47 Å². The van der Waals surface area contributed by atoms with E-state index >= 15 is 0 Å². The maximum atomic E-state index is 14.3. The largest absolute Gasteiger partial charge is 0.493 e. The van der Waals surface area contributed by atoms with Crippen molar-refractivity contribution >= 4 is 11.5 Å². The molecule has 6 nitrogen and oxygen atoms in total. The SMILES string of the molecule is CNc1ccc(C(O)(CCC(=O)c2ccc(OC3CC3)c(OC)c2)C(F)(F)F)nc1-c1ccc(F)c(C)c1. The second-order valence-corrected chi connectivity index (χ2v) is 9.27. The lowest BCUT2D eigenvalue weighted by molar-refractivity contribution is -0.270. The molecule has 1 aliphatic carbocycles. The third-order valence-corrected chi connectivity index (χ3v) is 6.51. The molecule has 38 heavy (non-hydrogen) atoms. The second kappa shape index (κ2) is 10.6. The molecule has 10 heteroatoms. The van der Waals surface area contributed by atoms with E-state index in [9.17, 15) is 27.5 Å². The summed E-state index contributed by atoms with van der Waals surface area (Å²) in [6.45, 7) is 1.53. The van der Waals surface area contributed by atoms with Gasteiger partial charge in [-0.25, -0.2) is 9.37 Å². The maximum Gasteiger partial charge on any atom is 0.422 e. The first kappa shape index (κ1) is 27.4. The van der Waals surface area contributed by atoms with Gasteiger partial charge in [0.2, 0.25) is 5.60 Å². The fraction of sp³-hybridized carbons (Fsp3) is 0.357. The molecule has 0 spiro atoms. The monoisotopic (exact) mass is 532 g/mol. The van der Waals surface area contributed by atoms with Gasteiger partial charge in [0.05, 0.1) is 30.3 Å². The summed E-state index contributed by atoms with van der Waals surface area (Å²) in [6.07, 6.45) is -4.75. The van der Waals surface area contributed by atoms with Gasteiger partial charge in [-0.15, -0.1) is 0 Å². The number of anilines is 1. The predicted molar refractivity (Wildman–Crippen MR) is 134 cm³/mol. The van der Waals surface area contributed by atoms with Crippen molar-refractivity contribution in [3.05, 3.63) is 71.2 Å². The number of aliphatic hydroxyl groups is 1. The van der Waals surface area contributed by atoms with Crippen LogP contribution in [0.1, 0.15) is 47.3 Å². The summed E-state index contributed by atoms with van der Waals surface area (Å²) in [5.74, 6) is -0.316. The van der Waals surface area contributed by atoms with Gasteiger partial charge in [-0.2, -0.15) is 13.2 Å². The Morgan fingerprint density at radius 1 is 1.11 bits per heavy atom. The Bertz CT molecular complexity index is 1340. The standard InChI is InChI=1S/C28H28F4N2O4/c1-16-14-18(4-8-20(16)29)26-21(33-2)9-11-25(34-26)27(36,28(30,31)32)13-12-22(35)17-5-10-23(24(15-17)37-3)38-19-6-7-19/h4-5,8-11,14-15,19,33,36H,6-7,12-13H2,1-3H3. The number of carbonyl (C=O) groups excluding carboxylic acids is 1. The number of methoxy groups -OCH3 is 1. The highest BCUT2D eigenvalue weighted by Gasteiger charge is 2.56. The number of hydrogen-bond acceptors (Lipinski definition) is 6. The first-order chi connectivity index (χ1) is 18.0. The van der Waals surface area contributed by atoms with Crippen molar-refractivity contribution in [3.8, 4) is 22.8 Å². The van der Waals surface area contributed by atoms with E-state index in [0.29, 0.717) is 22.7 Å². The molecule has 1 aliphatic rings. The summed E-state index contributed by atoms with van der Waals surface area (Å²) in [5, 5.41) is 13.8. The molecule has 1 fully saturated rings. The molecule has 1 unspecified atom stereocenters. The lowest BCUT2D eigenvalue weighted by Gasteiger charge is -2.30. The number of ether oxygens (including phenoxy) is 2. The molecule has 3 aromatic rings. The van der Waals surface area contributed by atoms with Gasteiger partial charge in [-0.05, 0) is 80.3 Å². The number of Topliss-reactive ketones (excluding diaryl/α,β-unsaturated/α-hetero) is 1. The van der Waals surface area contributed by atoms with Crippen LogP contribution in [0.4, 0.5) is 23.2 Å². The Kier molecular flexibility index (Phi) is 7.64. The van der Waals surface area contributed by atoms with Gasteiger partial charge < -0.3 is 19.9 Å². The Morgan fingerprint density at radius 3 is 2.45 bits per heavy atom. The van der Waals surface area contributed by atoms with E-state index in [1.165, 1.54) is 50.4 Å². The number of carbonyl (C=O) groups is 1. The molecular formula is C28H28F4N2O4. The quantitative estimate of drug-likeness (QED) is 0.239. The third-order valence-electron chi connectivity index (χ3n) is 6.51. The molecule has 0 saturated heterocycles. The lowest BCUT2D eigenvalue weighted by Crippen LogP contribution is -2.43. The Hall–Kier alpha value is -3.66. The number of pyridine rings is 1. The van der Waals surface area contributed by atoms with Gasteiger partial charge in [0.15, 0.2) is 17.3 Å². The number of ketones is 1. The molecule has 2 N–H and O–H groups in total. The van der Waals surface area contributed by atoms with Crippen LogP contribution in [0.3, 0.4) is 0 Å². The molecule has 0 amide bonds. The van der Waals surface area contributed by atoms with E-state index in [-0.39, 0.29) is 22.9 Å². The average Bonchev–Trinajstić information content (AvgIpc) is 3.72. The van der Waals surface area contributed by atoms with Crippen LogP contribution in [0.15, 0.2) is 48.5 Å². The first-order valence-electron chi connectivity index (χ1n) is 12.1. The number of rotatable bonds is 10. The lowest BCUT2D eigenvalue weighted by atomic mass is 9.89. The molecule has 4 rings (SSSR count). The molecule has 1 aromatic heterocycles. The summed E-state index contributed by atoms with van der Waals surface area (Å²) in [5.41, 5.74) is -2.78. The zero-order chi connectivity index (χ0) is 27.7. The van der Waals surface area contributed by atoms with Crippen molar-refractivity contribution in [1.29, 1.82) is 0 Å². The number of aryl methyl sites for hydroxylation is 1. The number of hydrogen-bond donors (Lipinski definition) is 2. The molecule has 0 radical (unpaired) electrons. The second-order valence-electron chi connectivity index (χ2n) is 9.27. The van der Waals surface area contributed by atoms with Crippen molar-refractivity contribution < 1.29 is 36.9 Å². The molecule has 2 aromatic carbocycles. The minimum absolute atomic E-state index is 0.0951. The fourth-order valence-corrected chi connectivity index (χ4v) is 4.06. The van der Waals surface area contributed by atoms with E-state index in [1.807, 2.05) is 0 Å². The van der Waals surface area contributed by atoms with Crippen molar-refractivity contribution in [3.63, 3.8) is 0 Å². The van der Waals surface area contributed by atoms with Gasteiger partial charge in [0, 0.05) is 24.6 Å². The molecule has 1 saturated carbocycles. The van der Waals surface area contributed by atoms with Crippen LogP contribution in [-0.4, -0.2) is 42.3 Å². The maximum absolute atomic E-state index is 14.3. The van der Waals surface area contributed by atoms with Crippen molar-refractivity contribution in [1.82, 2.24) is 4.98 Å². The van der Waals surface area contributed by atoms with Crippen molar-refractivity contribution in [2.75, 3.05) is 19.5 Å². The van der Waals surface area contributed by atoms with Crippen molar-refractivity contribution in [2.24, 2.45) is 0 Å². The predicted octanol–water partition coefficient (Wildman–Crippen LogP) is 6.20. The molecule has 1 atom stereocenters. The van der Waals surface area contributed by atoms with Crippen LogP contribution in [0.2, 0.25) is 0 Å². The van der Waals surface area contributed by atoms with Crippen LogP contribution >= 0.6 is 0 Å². The number of aromatic nitrogens is 1. The summed E-state index contributed by atoms with van der Waals surface area (Å²) in [7, 11) is 2.98. The van der Waals surface area contributed by atoms with Crippen LogP contribution in [-0.2, 0) is 5.60 Å². The van der Waals surface area contributed by atoms with Crippen LogP contribution in [0.25, 0.3) is 11.3 Å². The van der Waals surface area contributed by atoms with E-state index in [2.05, 4.69) is 10.3 Å². The van der Waals surface area contributed by atoms with E-state index < -0.39 is 41.9 Å². The zero-order valence-electron chi connectivity index (χ0n) is 21.2. The Labute approximate surface area is 217 Å². The van der Waals surface area contributed by atoms with E-state index in [1.54, 1.807) is 13.1 Å². The van der Waals surface area contributed by atoms with Gasteiger partial charge >= 0.3 is 6.18 Å². The summed E-state index contributed by atoms with van der Waals surface area (Å²) < 4.78 is 67.6. The van der Waals surface area contributed by atoms with Gasteiger partial charge in [-0.3, -0.25) is 4.79 Å². The Morgan fingerprint density at radius 2 is 1.84 bits per heavy atom. The minimum atomic E-state index is -5.13. The minimum Gasteiger partial charge on any atom is -0.493 e. The van der Waals surface area contributed by atoms with E-state index in [0.717, 1.165) is 18.9 Å². The van der Waals surface area contributed by atoms with Gasteiger partial charge in [0.25, 0.3) is 0 Å².